The van der Waals surface area contributed by atoms with E-state index in [-0.39, 0.29) is 31.4 Å². The van der Waals surface area contributed by atoms with Crippen LogP contribution in [0.5, 0.6) is 0 Å². The van der Waals surface area contributed by atoms with Crippen molar-refractivity contribution in [1.82, 2.24) is 0 Å². The summed E-state index contributed by atoms with van der Waals surface area (Å²) in [5.41, 5.74) is -1.64. The van der Waals surface area contributed by atoms with Crippen LogP contribution in [-0.2, 0) is 14.3 Å². The van der Waals surface area contributed by atoms with Crippen molar-refractivity contribution in [2.75, 3.05) is 6.61 Å². The average Bonchev–Trinajstić information content (AvgIpc) is 3.34. The van der Waals surface area contributed by atoms with Gasteiger partial charge in [-0.25, -0.2) is 0 Å². The molecule has 0 amide bonds. The number of fused-ring (bicyclic) bond motifs is 4. The third kappa shape index (κ3) is 5.54. The van der Waals surface area contributed by atoms with Gasteiger partial charge in [-0.3, -0.25) is 4.79 Å². The van der Waals surface area contributed by atoms with E-state index in [1.54, 1.807) is 20.8 Å². The van der Waals surface area contributed by atoms with Crippen LogP contribution in [0.25, 0.3) is 0 Å². The van der Waals surface area contributed by atoms with Gasteiger partial charge in [0.15, 0.2) is 12.0 Å². The van der Waals surface area contributed by atoms with E-state index in [2.05, 4.69) is 0 Å². The predicted octanol–water partition coefficient (Wildman–Crippen LogP) is 0.433. The summed E-state index contributed by atoms with van der Waals surface area (Å²) in [6, 6.07) is 0. The average molecular weight is 639 g/mol. The number of hydrogen-bond acceptors (Lipinski definition) is 12. The molecule has 5 rings (SSSR count). The lowest BCUT2D eigenvalue weighted by Gasteiger charge is -2.52. The monoisotopic (exact) mass is 638 g/mol. The number of aliphatic hydroxyl groups is 9. The van der Waals surface area contributed by atoms with Crippen molar-refractivity contribution in [2.45, 2.75) is 140 Å². The molecule has 0 aromatic rings. The van der Waals surface area contributed by atoms with Crippen LogP contribution in [0.15, 0.2) is 34.1 Å². The van der Waals surface area contributed by atoms with Crippen molar-refractivity contribution in [3.63, 3.8) is 0 Å². The second-order valence-corrected chi connectivity index (χ2v) is 15.1. The third-order valence-electron chi connectivity index (χ3n) is 11.6. The first kappa shape index (κ1) is 34.6. The Morgan fingerprint density at radius 2 is 1.71 bits per heavy atom. The number of carbonyl (C=O) groups is 1. The molecular formula is C33H50O12. The molecule has 12 unspecified atom stereocenters. The number of hydrogen-bond donors (Lipinski definition) is 9. The highest BCUT2D eigenvalue weighted by atomic mass is 16.7. The molecule has 4 aliphatic carbocycles. The van der Waals surface area contributed by atoms with Crippen molar-refractivity contribution >= 4 is 5.78 Å². The molecule has 0 spiro atoms. The van der Waals surface area contributed by atoms with Crippen molar-refractivity contribution < 1.29 is 60.2 Å². The fourth-order valence-electron chi connectivity index (χ4n) is 8.69. The summed E-state index contributed by atoms with van der Waals surface area (Å²) < 4.78 is 11.4. The van der Waals surface area contributed by atoms with Crippen molar-refractivity contribution in [1.29, 1.82) is 0 Å². The van der Waals surface area contributed by atoms with E-state index in [0.29, 0.717) is 30.4 Å². The smallest absolute Gasteiger partial charge is 0.227 e. The van der Waals surface area contributed by atoms with E-state index in [4.69, 9.17) is 9.47 Å². The van der Waals surface area contributed by atoms with Gasteiger partial charge in [0.05, 0.1) is 36.1 Å². The minimum atomic E-state index is -1.60. The highest BCUT2D eigenvalue weighted by molar-refractivity contribution is 6.12. The van der Waals surface area contributed by atoms with Gasteiger partial charge in [0.25, 0.3) is 0 Å². The summed E-state index contributed by atoms with van der Waals surface area (Å²) in [4.78, 5) is 13.6. The largest absolute Gasteiger partial charge is 0.504 e. The van der Waals surface area contributed by atoms with Crippen LogP contribution >= 0.6 is 0 Å². The predicted molar refractivity (Wildman–Crippen MR) is 159 cm³/mol. The van der Waals surface area contributed by atoms with Crippen LogP contribution in [0, 0.1) is 16.7 Å². The molecule has 1 aliphatic heterocycles. The first-order valence-electron chi connectivity index (χ1n) is 16.0. The molecule has 254 valence electrons. The van der Waals surface area contributed by atoms with E-state index < -0.39 is 89.4 Å². The van der Waals surface area contributed by atoms with Crippen LogP contribution in [0.3, 0.4) is 0 Å². The molecule has 1 saturated heterocycles. The Labute approximate surface area is 263 Å². The summed E-state index contributed by atoms with van der Waals surface area (Å²) in [7, 11) is 0. The molecule has 12 atom stereocenters. The maximum Gasteiger partial charge on any atom is 0.227 e. The first-order valence-corrected chi connectivity index (χ1v) is 16.0. The summed E-state index contributed by atoms with van der Waals surface area (Å²) in [5, 5.41) is 95.2. The lowest BCUT2D eigenvalue weighted by atomic mass is 9.53. The minimum absolute atomic E-state index is 0.0162. The third-order valence-corrected chi connectivity index (χ3v) is 11.6. The van der Waals surface area contributed by atoms with Crippen LogP contribution in [0.1, 0.15) is 79.6 Å². The molecule has 9 N–H and O–H groups in total. The number of ketones is 1. The molecule has 1 heterocycles. The molecule has 0 aromatic carbocycles. The fraction of sp³-hybridized carbons (Fsp3) is 0.788. The van der Waals surface area contributed by atoms with E-state index in [1.807, 2.05) is 19.9 Å². The Morgan fingerprint density at radius 3 is 2.36 bits per heavy atom. The van der Waals surface area contributed by atoms with E-state index in [0.717, 1.165) is 11.1 Å². The Bertz CT molecular complexity index is 1280. The summed E-state index contributed by atoms with van der Waals surface area (Å²) >= 11 is 0. The van der Waals surface area contributed by atoms with Gasteiger partial charge in [-0.15, -0.1) is 0 Å². The van der Waals surface area contributed by atoms with Crippen molar-refractivity contribution in [2.24, 2.45) is 16.7 Å². The van der Waals surface area contributed by atoms with Gasteiger partial charge >= 0.3 is 0 Å². The molecule has 12 heteroatoms. The molecule has 5 aliphatic rings. The molecular weight excluding hydrogens is 588 g/mol. The number of rotatable bonds is 8. The standard InChI is InChI=1S/C33H50O12/c1-30(2,45-29-28(42)27(41)25(39)20(14-34)44-29)10-9-22(37)33(5,43)21-7-6-15-23-16(8-11-31(15,21)3)32(4)13-19(36)18(35)12-17(32)24(38)26(23)40/h6,18-22,25,27-29,34-39,41-43H,7-14H2,1-5H3. The number of allylic oxidation sites excluding steroid dienone is 4. The molecule has 0 radical (unpaired) electrons. The molecule has 0 bridgehead atoms. The number of aliphatic hydroxyl groups excluding tert-OH is 8. The normalized spacial score (nSPS) is 42.5. The van der Waals surface area contributed by atoms with Gasteiger partial charge in [-0.05, 0) is 81.4 Å². The number of carbonyl (C=O) groups excluding carboxylic acids is 1. The quantitative estimate of drug-likeness (QED) is 0.177. The lowest BCUT2D eigenvalue weighted by Crippen LogP contribution is -2.60. The van der Waals surface area contributed by atoms with Crippen molar-refractivity contribution in [3.8, 4) is 0 Å². The molecule has 12 nitrogen and oxygen atoms in total. The van der Waals surface area contributed by atoms with Crippen LogP contribution in [0.2, 0.25) is 0 Å². The van der Waals surface area contributed by atoms with E-state index in [9.17, 15) is 50.8 Å². The van der Waals surface area contributed by atoms with Crippen LogP contribution < -0.4 is 0 Å². The van der Waals surface area contributed by atoms with Gasteiger partial charge < -0.3 is 55.4 Å². The second-order valence-electron chi connectivity index (χ2n) is 15.1. The Morgan fingerprint density at radius 1 is 1.04 bits per heavy atom. The lowest BCUT2D eigenvalue weighted by molar-refractivity contribution is -0.324. The van der Waals surface area contributed by atoms with Crippen LogP contribution in [0.4, 0.5) is 0 Å². The van der Waals surface area contributed by atoms with E-state index >= 15 is 0 Å². The Balaban J connectivity index is 1.31. The van der Waals surface area contributed by atoms with Crippen LogP contribution in [-0.4, -0.2) is 119 Å². The zero-order valence-electron chi connectivity index (χ0n) is 26.7. The maximum absolute atomic E-state index is 13.6. The summed E-state index contributed by atoms with van der Waals surface area (Å²) in [6.07, 6.45) is -6.51. The highest BCUT2D eigenvalue weighted by Gasteiger charge is 2.59. The summed E-state index contributed by atoms with van der Waals surface area (Å²) in [6.45, 7) is 8.27. The Kier molecular flexibility index (Phi) is 9.05. The van der Waals surface area contributed by atoms with Crippen molar-refractivity contribution in [3.05, 3.63) is 34.1 Å². The zero-order valence-corrected chi connectivity index (χ0v) is 26.7. The first-order chi connectivity index (χ1) is 20.8. The Hall–Kier alpha value is -1.71. The topological polar surface area (TPSA) is 218 Å². The van der Waals surface area contributed by atoms with Gasteiger partial charge in [0, 0.05) is 23.3 Å². The molecule has 1 saturated carbocycles. The molecule has 2 fully saturated rings. The van der Waals surface area contributed by atoms with Gasteiger partial charge in [0.1, 0.15) is 24.4 Å². The second kappa shape index (κ2) is 11.8. The van der Waals surface area contributed by atoms with Gasteiger partial charge in [0.2, 0.25) is 5.78 Å². The molecule has 45 heavy (non-hydrogen) atoms. The fourth-order valence-corrected chi connectivity index (χ4v) is 8.69. The SMILES string of the molecule is CC(C)(CCC(O)C(C)(O)C1CC=C2C3=C(CCC21C)C1(C)CC(O)C(O)CC1=C(O)C3=O)OC1OC(CO)C(O)C(O)C1O. The maximum atomic E-state index is 13.6. The van der Waals surface area contributed by atoms with E-state index in [1.165, 1.54) is 0 Å². The van der Waals surface area contributed by atoms with Gasteiger partial charge in [-0.1, -0.05) is 19.9 Å². The molecule has 0 aromatic heterocycles. The summed E-state index contributed by atoms with van der Waals surface area (Å²) in [5.74, 6) is -1.36. The van der Waals surface area contributed by atoms with Gasteiger partial charge in [-0.2, -0.15) is 0 Å². The highest BCUT2D eigenvalue weighted by Crippen LogP contribution is 2.63. The zero-order chi connectivity index (χ0) is 33.4. The minimum Gasteiger partial charge on any atom is -0.504 e. The number of ether oxygens (including phenoxy) is 2. The number of Topliss-reactive ketones (excluding diaryl/α,β-unsaturated/α-hetero) is 1.